The zero-order valence-corrected chi connectivity index (χ0v) is 18.0. The Kier molecular flexibility index (Phi) is 6.59. The van der Waals surface area contributed by atoms with Gasteiger partial charge in [-0.1, -0.05) is 24.6 Å². The molecule has 6 nitrogen and oxygen atoms in total. The molecule has 1 aliphatic rings. The van der Waals surface area contributed by atoms with Crippen LogP contribution in [0.4, 0.5) is 0 Å². The van der Waals surface area contributed by atoms with Crippen LogP contribution in [0.3, 0.4) is 0 Å². The molecule has 0 radical (unpaired) electrons. The molecule has 1 heterocycles. The summed E-state index contributed by atoms with van der Waals surface area (Å²) in [6.07, 6.45) is 2.82. The van der Waals surface area contributed by atoms with E-state index in [-0.39, 0.29) is 16.8 Å². The Bertz CT molecular complexity index is 957. The number of hydrogen-bond donors (Lipinski definition) is 0. The lowest BCUT2D eigenvalue weighted by atomic mass is 10.1. The van der Waals surface area contributed by atoms with E-state index in [1.54, 1.807) is 35.5 Å². The fourth-order valence-corrected chi connectivity index (χ4v) is 5.41. The maximum Gasteiger partial charge on any atom is 0.253 e. The van der Waals surface area contributed by atoms with Crippen LogP contribution in [0, 0.1) is 0 Å². The average molecular weight is 417 g/mol. The van der Waals surface area contributed by atoms with Crippen molar-refractivity contribution in [2.45, 2.75) is 43.7 Å². The average Bonchev–Trinajstić information content (AvgIpc) is 2.73. The molecule has 0 spiro atoms. The van der Waals surface area contributed by atoms with Crippen molar-refractivity contribution in [3.05, 3.63) is 59.7 Å². The van der Waals surface area contributed by atoms with Crippen molar-refractivity contribution in [1.82, 2.24) is 9.21 Å². The van der Waals surface area contributed by atoms with Crippen molar-refractivity contribution in [2.75, 3.05) is 20.7 Å². The van der Waals surface area contributed by atoms with E-state index >= 15 is 0 Å². The predicted octanol–water partition coefficient (Wildman–Crippen LogP) is 3.53. The number of carbonyl (C=O) groups is 1. The van der Waals surface area contributed by atoms with Crippen LogP contribution in [0.15, 0.2) is 53.4 Å². The first kappa shape index (κ1) is 21.3. The largest absolute Gasteiger partial charge is 0.496 e. The van der Waals surface area contributed by atoms with E-state index in [4.69, 9.17) is 4.74 Å². The monoisotopic (exact) mass is 416 g/mol. The summed E-state index contributed by atoms with van der Waals surface area (Å²) >= 11 is 0. The van der Waals surface area contributed by atoms with E-state index in [1.165, 1.54) is 12.1 Å². The van der Waals surface area contributed by atoms with Crippen LogP contribution in [-0.4, -0.2) is 50.3 Å². The normalized spacial score (nSPS) is 17.7. The fraction of sp³-hybridized carbons (Fsp3) is 0.409. The van der Waals surface area contributed by atoms with Crippen LogP contribution in [-0.2, 0) is 16.6 Å². The molecule has 156 valence electrons. The third-order valence-electron chi connectivity index (χ3n) is 5.40. The molecule has 29 heavy (non-hydrogen) atoms. The summed E-state index contributed by atoms with van der Waals surface area (Å²) in [5.41, 5.74) is 1.36. The molecule has 1 fully saturated rings. The summed E-state index contributed by atoms with van der Waals surface area (Å²) in [6.45, 7) is 2.89. The third-order valence-corrected chi connectivity index (χ3v) is 7.42. The number of nitrogens with zero attached hydrogens (tertiary/aromatic N) is 2. The molecule has 1 atom stereocenters. The summed E-state index contributed by atoms with van der Waals surface area (Å²) in [4.78, 5) is 14.6. The molecule has 0 aliphatic carbocycles. The molecular weight excluding hydrogens is 388 g/mol. The third kappa shape index (κ3) is 4.62. The van der Waals surface area contributed by atoms with Crippen molar-refractivity contribution in [2.24, 2.45) is 0 Å². The highest BCUT2D eigenvalue weighted by Gasteiger charge is 2.31. The topological polar surface area (TPSA) is 66.9 Å². The minimum absolute atomic E-state index is 0.00189. The SMILES string of the molecule is COc1ccccc1CN(C)C(=O)c1ccc(S(=O)(=O)N2CCCCC2C)cc1. The van der Waals surface area contributed by atoms with E-state index in [2.05, 4.69) is 0 Å². The minimum Gasteiger partial charge on any atom is -0.496 e. The van der Waals surface area contributed by atoms with Gasteiger partial charge >= 0.3 is 0 Å². The fourth-order valence-electron chi connectivity index (χ4n) is 3.72. The zero-order chi connectivity index (χ0) is 21.0. The Hall–Kier alpha value is -2.38. The van der Waals surface area contributed by atoms with Gasteiger partial charge in [0.2, 0.25) is 10.0 Å². The van der Waals surface area contributed by atoms with Crippen LogP contribution in [0.1, 0.15) is 42.1 Å². The maximum atomic E-state index is 12.9. The molecule has 0 N–H and O–H groups in total. The predicted molar refractivity (Wildman–Crippen MR) is 112 cm³/mol. The van der Waals surface area contributed by atoms with Crippen LogP contribution in [0.25, 0.3) is 0 Å². The highest BCUT2D eigenvalue weighted by molar-refractivity contribution is 7.89. The quantitative estimate of drug-likeness (QED) is 0.723. The number of sulfonamides is 1. The van der Waals surface area contributed by atoms with Crippen molar-refractivity contribution in [3.63, 3.8) is 0 Å². The van der Waals surface area contributed by atoms with Gasteiger partial charge in [-0.05, 0) is 50.1 Å². The molecule has 2 aromatic carbocycles. The summed E-state index contributed by atoms with van der Waals surface area (Å²) in [5.74, 6) is 0.551. The highest BCUT2D eigenvalue weighted by Crippen LogP contribution is 2.25. The molecule has 1 aliphatic heterocycles. The Morgan fingerprint density at radius 1 is 1.14 bits per heavy atom. The van der Waals surface area contributed by atoms with E-state index in [0.717, 1.165) is 30.6 Å². The molecule has 1 amide bonds. The number of carbonyl (C=O) groups excluding carboxylic acids is 1. The minimum atomic E-state index is -3.54. The van der Waals surface area contributed by atoms with Crippen molar-refractivity contribution < 1.29 is 17.9 Å². The van der Waals surface area contributed by atoms with Gasteiger partial charge in [0.15, 0.2) is 0 Å². The van der Waals surface area contributed by atoms with E-state index in [1.807, 2.05) is 31.2 Å². The first-order valence-corrected chi connectivity index (χ1v) is 11.3. The Balaban J connectivity index is 1.74. The van der Waals surface area contributed by atoms with Gasteiger partial charge in [-0.15, -0.1) is 0 Å². The first-order chi connectivity index (χ1) is 13.8. The Morgan fingerprint density at radius 3 is 2.48 bits per heavy atom. The van der Waals surface area contributed by atoms with Crippen molar-refractivity contribution >= 4 is 15.9 Å². The van der Waals surface area contributed by atoms with E-state index in [9.17, 15) is 13.2 Å². The second-order valence-corrected chi connectivity index (χ2v) is 9.35. The summed E-state index contributed by atoms with van der Waals surface area (Å²) < 4.78 is 32.8. The number of rotatable bonds is 6. The molecule has 2 aromatic rings. The zero-order valence-electron chi connectivity index (χ0n) is 17.2. The van der Waals surface area contributed by atoms with Crippen LogP contribution in [0.5, 0.6) is 5.75 Å². The van der Waals surface area contributed by atoms with Gasteiger partial charge in [-0.25, -0.2) is 8.42 Å². The summed E-state index contributed by atoms with van der Waals surface area (Å²) in [6, 6.07) is 13.8. The Morgan fingerprint density at radius 2 is 1.83 bits per heavy atom. The van der Waals surface area contributed by atoms with Gasteiger partial charge in [0, 0.05) is 37.3 Å². The molecule has 0 bridgehead atoms. The van der Waals surface area contributed by atoms with Gasteiger partial charge in [0.05, 0.1) is 12.0 Å². The lowest BCUT2D eigenvalue weighted by molar-refractivity contribution is 0.0784. The molecule has 0 saturated carbocycles. The summed E-state index contributed by atoms with van der Waals surface area (Å²) in [5, 5.41) is 0. The smallest absolute Gasteiger partial charge is 0.253 e. The maximum absolute atomic E-state index is 12.9. The summed E-state index contributed by atoms with van der Waals surface area (Å²) in [7, 11) is -0.222. The lowest BCUT2D eigenvalue weighted by Crippen LogP contribution is -2.41. The second kappa shape index (κ2) is 8.97. The van der Waals surface area contributed by atoms with E-state index in [0.29, 0.717) is 18.7 Å². The lowest BCUT2D eigenvalue weighted by Gasteiger charge is -2.32. The molecule has 0 aromatic heterocycles. The molecule has 1 saturated heterocycles. The number of para-hydroxylation sites is 1. The van der Waals surface area contributed by atoms with E-state index < -0.39 is 10.0 Å². The molecule has 1 unspecified atom stereocenters. The number of hydrogen-bond acceptors (Lipinski definition) is 4. The Labute approximate surface area is 173 Å². The molecule has 7 heteroatoms. The number of benzene rings is 2. The number of ether oxygens (including phenoxy) is 1. The number of piperidine rings is 1. The number of amides is 1. The van der Waals surface area contributed by atoms with Crippen LogP contribution >= 0.6 is 0 Å². The van der Waals surface area contributed by atoms with Gasteiger partial charge in [-0.2, -0.15) is 4.31 Å². The first-order valence-electron chi connectivity index (χ1n) is 9.84. The van der Waals surface area contributed by atoms with Gasteiger partial charge < -0.3 is 9.64 Å². The molecule has 3 rings (SSSR count). The highest BCUT2D eigenvalue weighted by atomic mass is 32.2. The number of methoxy groups -OCH3 is 1. The van der Waals surface area contributed by atoms with Gasteiger partial charge in [-0.3, -0.25) is 4.79 Å². The van der Waals surface area contributed by atoms with Crippen LogP contribution < -0.4 is 4.74 Å². The van der Waals surface area contributed by atoms with Crippen molar-refractivity contribution in [1.29, 1.82) is 0 Å². The second-order valence-electron chi connectivity index (χ2n) is 7.46. The molecular formula is C22H28N2O4S. The van der Waals surface area contributed by atoms with Gasteiger partial charge in [0.25, 0.3) is 5.91 Å². The van der Waals surface area contributed by atoms with Crippen LogP contribution in [0.2, 0.25) is 0 Å². The standard InChI is InChI=1S/C22H28N2O4S/c1-17-8-6-7-15-24(17)29(26,27)20-13-11-18(12-14-20)22(25)23(2)16-19-9-4-5-10-21(19)28-3/h4-5,9-14,17H,6-8,15-16H2,1-3H3. The van der Waals surface area contributed by atoms with Crippen molar-refractivity contribution in [3.8, 4) is 5.75 Å². The van der Waals surface area contributed by atoms with Gasteiger partial charge in [0.1, 0.15) is 5.75 Å².